The zero-order valence-electron chi connectivity index (χ0n) is 23.3. The summed E-state index contributed by atoms with van der Waals surface area (Å²) in [5.41, 5.74) is 4.17. The van der Waals surface area contributed by atoms with Gasteiger partial charge >= 0.3 is 0 Å². The largest absolute Gasteiger partial charge is 0.342 e. The summed E-state index contributed by atoms with van der Waals surface area (Å²) in [7, 11) is 0. The van der Waals surface area contributed by atoms with E-state index in [0.29, 0.717) is 21.5 Å². The van der Waals surface area contributed by atoms with Crippen LogP contribution in [0.3, 0.4) is 0 Å². The van der Waals surface area contributed by atoms with Crippen LogP contribution in [0.25, 0.3) is 40.3 Å². The Morgan fingerprint density at radius 1 is 0.452 bits per heavy atom. The summed E-state index contributed by atoms with van der Waals surface area (Å²) < 4.78 is 3.51. The lowest BCUT2D eigenvalue weighted by atomic mass is 10.1. The standard InChI is InChI=1S/C36H28N2O2S2/c1-3-37(23-11-7-5-8-12-23)25-15-17-31-27(19-25)35(39)29-21-34-30(22-33(29)41-31)36(40)28-20-26(16-18-32(28)42-34)38(4-2)24-13-9-6-10-14-24/h5-22H,3-4H2,1-2H3. The topological polar surface area (TPSA) is 40.6 Å². The van der Waals surface area contributed by atoms with Crippen LogP contribution in [-0.4, -0.2) is 13.1 Å². The van der Waals surface area contributed by atoms with Crippen molar-refractivity contribution in [1.29, 1.82) is 0 Å². The minimum absolute atomic E-state index is 0.00292. The first kappa shape index (κ1) is 26.4. The lowest BCUT2D eigenvalue weighted by molar-refractivity contribution is 1.03. The molecule has 0 unspecified atom stereocenters. The fourth-order valence-electron chi connectivity index (χ4n) is 5.76. The van der Waals surface area contributed by atoms with E-state index in [-0.39, 0.29) is 10.9 Å². The van der Waals surface area contributed by atoms with Gasteiger partial charge in [0, 0.05) is 76.2 Å². The Labute approximate surface area is 251 Å². The number of benzene rings is 5. The predicted molar refractivity (Wildman–Crippen MR) is 183 cm³/mol. The van der Waals surface area contributed by atoms with Gasteiger partial charge in [0.25, 0.3) is 0 Å². The second kappa shape index (κ2) is 10.7. The van der Waals surface area contributed by atoms with E-state index in [1.165, 1.54) is 0 Å². The third kappa shape index (κ3) is 4.44. The lowest BCUT2D eigenvalue weighted by Gasteiger charge is -2.23. The second-order valence-electron chi connectivity index (χ2n) is 10.2. The summed E-state index contributed by atoms with van der Waals surface area (Å²) in [5.74, 6) is 0. The molecule has 6 heteroatoms. The molecule has 0 aliphatic carbocycles. The smallest absolute Gasteiger partial charge is 0.195 e. The average Bonchev–Trinajstić information content (AvgIpc) is 3.03. The van der Waals surface area contributed by atoms with E-state index in [2.05, 4.69) is 60.0 Å². The van der Waals surface area contributed by atoms with Gasteiger partial charge in [-0.2, -0.15) is 0 Å². The van der Waals surface area contributed by atoms with Crippen molar-refractivity contribution in [2.45, 2.75) is 13.8 Å². The van der Waals surface area contributed by atoms with Crippen molar-refractivity contribution < 1.29 is 0 Å². The average molecular weight is 585 g/mol. The van der Waals surface area contributed by atoms with Crippen LogP contribution in [-0.2, 0) is 0 Å². The highest BCUT2D eigenvalue weighted by molar-refractivity contribution is 7.26. The Hall–Kier alpha value is -4.52. The van der Waals surface area contributed by atoms with Gasteiger partial charge in [-0.3, -0.25) is 9.59 Å². The maximum Gasteiger partial charge on any atom is 0.195 e. The first-order valence-electron chi connectivity index (χ1n) is 14.1. The van der Waals surface area contributed by atoms with Gasteiger partial charge in [0.15, 0.2) is 10.9 Å². The number of para-hydroxylation sites is 2. The highest BCUT2D eigenvalue weighted by Crippen LogP contribution is 2.35. The molecule has 206 valence electrons. The summed E-state index contributed by atoms with van der Waals surface area (Å²) >= 11 is 3.13. The lowest BCUT2D eigenvalue weighted by Crippen LogP contribution is -2.16. The van der Waals surface area contributed by atoms with Gasteiger partial charge in [-0.1, -0.05) is 36.4 Å². The van der Waals surface area contributed by atoms with E-state index in [9.17, 15) is 9.59 Å². The van der Waals surface area contributed by atoms with Gasteiger partial charge in [0.2, 0.25) is 0 Å². The SMILES string of the molecule is CCN(c1ccccc1)c1ccc2sc3cc4c(=O)c5cc(N(CC)c6ccccc6)ccc5sc4cc3c(=O)c2c1. The van der Waals surface area contributed by atoms with Gasteiger partial charge in [0.05, 0.1) is 0 Å². The molecular weight excluding hydrogens is 557 g/mol. The Morgan fingerprint density at radius 3 is 1.21 bits per heavy atom. The molecule has 7 rings (SSSR count). The Balaban J connectivity index is 1.38. The van der Waals surface area contributed by atoms with Crippen LogP contribution in [0.4, 0.5) is 22.7 Å². The van der Waals surface area contributed by atoms with Crippen molar-refractivity contribution in [2.75, 3.05) is 22.9 Å². The molecule has 0 N–H and O–H groups in total. The van der Waals surface area contributed by atoms with E-state index in [0.717, 1.165) is 54.6 Å². The number of hydrogen-bond acceptors (Lipinski definition) is 6. The van der Waals surface area contributed by atoms with Gasteiger partial charge in [-0.15, -0.1) is 22.7 Å². The molecule has 5 aromatic carbocycles. The van der Waals surface area contributed by atoms with Crippen molar-refractivity contribution in [3.63, 3.8) is 0 Å². The Kier molecular flexibility index (Phi) is 6.73. The molecule has 0 spiro atoms. The molecule has 4 nitrogen and oxygen atoms in total. The number of anilines is 4. The highest BCUT2D eigenvalue weighted by atomic mass is 32.1. The first-order valence-corrected chi connectivity index (χ1v) is 15.8. The van der Waals surface area contributed by atoms with E-state index in [1.807, 2.05) is 72.8 Å². The maximum absolute atomic E-state index is 13.9. The van der Waals surface area contributed by atoms with Gasteiger partial charge in [-0.25, -0.2) is 0 Å². The van der Waals surface area contributed by atoms with Crippen molar-refractivity contribution in [3.8, 4) is 0 Å². The minimum Gasteiger partial charge on any atom is -0.342 e. The molecule has 2 heterocycles. The van der Waals surface area contributed by atoms with E-state index < -0.39 is 0 Å². The van der Waals surface area contributed by atoms with Crippen molar-refractivity contribution in [3.05, 3.63) is 130 Å². The van der Waals surface area contributed by atoms with Crippen LogP contribution in [0.1, 0.15) is 13.8 Å². The number of nitrogens with zero attached hydrogens (tertiary/aromatic N) is 2. The fourth-order valence-corrected chi connectivity index (χ4v) is 7.91. The molecule has 0 saturated carbocycles. The number of rotatable bonds is 6. The molecule has 2 aromatic heterocycles. The predicted octanol–water partition coefficient (Wildman–Crippen LogP) is 9.46. The molecule has 0 aliphatic rings. The molecule has 0 amide bonds. The van der Waals surface area contributed by atoms with Gasteiger partial charge in [0.1, 0.15) is 0 Å². The second-order valence-corrected chi connectivity index (χ2v) is 12.4. The van der Waals surface area contributed by atoms with Crippen LogP contribution >= 0.6 is 22.7 Å². The van der Waals surface area contributed by atoms with Gasteiger partial charge in [-0.05, 0) is 86.6 Å². The van der Waals surface area contributed by atoms with Crippen LogP contribution in [0.15, 0.2) is 119 Å². The minimum atomic E-state index is 0.00292. The van der Waals surface area contributed by atoms with Crippen molar-refractivity contribution in [1.82, 2.24) is 0 Å². The maximum atomic E-state index is 13.9. The summed E-state index contributed by atoms with van der Waals surface area (Å²) in [5, 5.41) is 2.73. The zero-order chi connectivity index (χ0) is 28.8. The summed E-state index contributed by atoms with van der Waals surface area (Å²) in [6.45, 7) is 5.80. The van der Waals surface area contributed by atoms with E-state index in [1.54, 1.807) is 22.7 Å². The van der Waals surface area contributed by atoms with E-state index in [4.69, 9.17) is 0 Å². The fraction of sp³-hybridized carbons (Fsp3) is 0.111. The van der Waals surface area contributed by atoms with Crippen molar-refractivity contribution in [2.24, 2.45) is 0 Å². The molecule has 0 bridgehead atoms. The normalized spacial score (nSPS) is 11.5. The highest BCUT2D eigenvalue weighted by Gasteiger charge is 2.15. The van der Waals surface area contributed by atoms with Crippen LogP contribution in [0, 0.1) is 0 Å². The molecule has 0 saturated heterocycles. The summed E-state index contributed by atoms with van der Waals surface area (Å²) in [6.07, 6.45) is 0. The molecular formula is C36H28N2O2S2. The Morgan fingerprint density at radius 2 is 0.833 bits per heavy atom. The quantitative estimate of drug-likeness (QED) is 0.183. The van der Waals surface area contributed by atoms with Crippen LogP contribution in [0.5, 0.6) is 0 Å². The van der Waals surface area contributed by atoms with Crippen LogP contribution < -0.4 is 20.7 Å². The third-order valence-corrected chi connectivity index (χ3v) is 10.1. The van der Waals surface area contributed by atoms with Crippen molar-refractivity contribution >= 4 is 85.8 Å². The summed E-state index contributed by atoms with van der Waals surface area (Å²) in [6, 6.07) is 36.5. The summed E-state index contributed by atoms with van der Waals surface area (Å²) in [4.78, 5) is 32.2. The zero-order valence-corrected chi connectivity index (χ0v) is 25.0. The first-order chi connectivity index (χ1) is 20.6. The molecule has 42 heavy (non-hydrogen) atoms. The van der Waals surface area contributed by atoms with Gasteiger partial charge < -0.3 is 9.80 Å². The number of fused-ring (bicyclic) bond motifs is 4. The van der Waals surface area contributed by atoms with Crippen LogP contribution in [0.2, 0.25) is 0 Å². The Bertz CT molecular complexity index is 2060. The molecule has 0 fully saturated rings. The van der Waals surface area contributed by atoms with E-state index >= 15 is 0 Å². The number of hydrogen-bond donors (Lipinski definition) is 0. The third-order valence-electron chi connectivity index (χ3n) is 7.82. The molecule has 0 aliphatic heterocycles. The molecule has 0 atom stereocenters. The molecule has 7 aromatic rings. The molecule has 0 radical (unpaired) electrons. The monoisotopic (exact) mass is 584 g/mol.